The first-order valence-corrected chi connectivity index (χ1v) is 12.2. The molecule has 4 atom stereocenters. The van der Waals surface area contributed by atoms with Crippen LogP contribution in [-0.2, 0) is 9.59 Å². The Balaban J connectivity index is 1.75. The van der Waals surface area contributed by atoms with Gasteiger partial charge in [-0.2, -0.15) is 0 Å². The van der Waals surface area contributed by atoms with Crippen LogP contribution in [0.15, 0.2) is 48.5 Å². The van der Waals surface area contributed by atoms with Crippen LogP contribution >= 0.6 is 23.2 Å². The Labute approximate surface area is 199 Å². The summed E-state index contributed by atoms with van der Waals surface area (Å²) < 4.78 is 0. The van der Waals surface area contributed by atoms with E-state index in [1.165, 1.54) is 24.8 Å². The molecular weight excluding hydrogens is 445 g/mol. The monoisotopic (exact) mass is 473 g/mol. The number of carboxylic acid groups (broad SMARTS) is 1. The number of aliphatic carboxylic acids is 1. The molecule has 1 amide bonds. The van der Waals surface area contributed by atoms with Gasteiger partial charge in [0.15, 0.2) is 0 Å². The van der Waals surface area contributed by atoms with Crippen LogP contribution in [0, 0.1) is 11.8 Å². The summed E-state index contributed by atoms with van der Waals surface area (Å²) in [6.45, 7) is 0. The number of halogens is 2. The van der Waals surface area contributed by atoms with E-state index in [1.54, 1.807) is 0 Å². The molecule has 4 unspecified atom stereocenters. The molecule has 1 saturated carbocycles. The summed E-state index contributed by atoms with van der Waals surface area (Å²) in [4.78, 5) is 24.4. The van der Waals surface area contributed by atoms with E-state index in [0.717, 1.165) is 18.4 Å². The molecule has 0 bridgehead atoms. The SMILES string of the molecule is O=C(O)CC1CC(c2cccc(Cl)c2)C(C(c2ccc(Cl)cc2)C2CCCCC2)NC1=O. The van der Waals surface area contributed by atoms with E-state index in [1.807, 2.05) is 36.4 Å². The summed E-state index contributed by atoms with van der Waals surface area (Å²) in [6, 6.07) is 15.6. The zero-order valence-corrected chi connectivity index (χ0v) is 19.5. The van der Waals surface area contributed by atoms with Gasteiger partial charge in [0.2, 0.25) is 5.91 Å². The lowest BCUT2D eigenvalue weighted by molar-refractivity contribution is -0.142. The second kappa shape index (κ2) is 10.3. The van der Waals surface area contributed by atoms with Gasteiger partial charge in [-0.05, 0) is 60.6 Å². The van der Waals surface area contributed by atoms with Gasteiger partial charge >= 0.3 is 5.97 Å². The Morgan fingerprint density at radius 3 is 2.41 bits per heavy atom. The van der Waals surface area contributed by atoms with Crippen molar-refractivity contribution < 1.29 is 14.7 Å². The van der Waals surface area contributed by atoms with E-state index in [0.29, 0.717) is 22.4 Å². The predicted octanol–water partition coefficient (Wildman–Crippen LogP) is 6.42. The van der Waals surface area contributed by atoms with Gasteiger partial charge in [-0.3, -0.25) is 9.59 Å². The number of carbonyl (C=O) groups is 2. The summed E-state index contributed by atoms with van der Waals surface area (Å²) in [6.07, 6.45) is 6.22. The molecule has 4 nitrogen and oxygen atoms in total. The first-order chi connectivity index (χ1) is 15.4. The number of hydrogen-bond acceptors (Lipinski definition) is 2. The number of amides is 1. The third kappa shape index (κ3) is 5.29. The average Bonchev–Trinajstić information content (AvgIpc) is 2.77. The van der Waals surface area contributed by atoms with Gasteiger partial charge in [0.25, 0.3) is 0 Å². The van der Waals surface area contributed by atoms with Crippen LogP contribution in [0.4, 0.5) is 0 Å². The summed E-state index contributed by atoms with van der Waals surface area (Å²) in [5, 5.41) is 14.0. The molecule has 0 radical (unpaired) electrons. The largest absolute Gasteiger partial charge is 0.481 e. The number of piperidine rings is 1. The Hall–Kier alpha value is -2.04. The van der Waals surface area contributed by atoms with E-state index in [-0.39, 0.29) is 30.2 Å². The number of nitrogens with one attached hydrogen (secondary N) is 1. The van der Waals surface area contributed by atoms with Crippen LogP contribution in [0.25, 0.3) is 0 Å². The third-order valence-electron chi connectivity index (χ3n) is 7.15. The Morgan fingerprint density at radius 2 is 1.75 bits per heavy atom. The molecule has 6 heteroatoms. The van der Waals surface area contributed by atoms with Crippen LogP contribution in [0.1, 0.15) is 67.9 Å². The minimum absolute atomic E-state index is 0.0154. The molecule has 0 aromatic heterocycles. The summed E-state index contributed by atoms with van der Waals surface area (Å²) in [5.41, 5.74) is 2.22. The maximum Gasteiger partial charge on any atom is 0.304 e. The fourth-order valence-corrected chi connectivity index (χ4v) is 6.03. The molecule has 1 aliphatic carbocycles. The van der Waals surface area contributed by atoms with Crippen molar-refractivity contribution in [2.75, 3.05) is 0 Å². The highest BCUT2D eigenvalue weighted by Gasteiger charge is 2.44. The van der Waals surface area contributed by atoms with Crippen molar-refractivity contribution >= 4 is 35.1 Å². The number of benzene rings is 2. The van der Waals surface area contributed by atoms with Crippen molar-refractivity contribution in [3.8, 4) is 0 Å². The van der Waals surface area contributed by atoms with Crippen LogP contribution in [0.2, 0.25) is 10.0 Å². The lowest BCUT2D eigenvalue weighted by atomic mass is 9.66. The van der Waals surface area contributed by atoms with Crippen LogP contribution in [-0.4, -0.2) is 23.0 Å². The number of carboxylic acids is 1. The van der Waals surface area contributed by atoms with Gasteiger partial charge in [-0.25, -0.2) is 0 Å². The summed E-state index contributed by atoms with van der Waals surface area (Å²) in [7, 11) is 0. The van der Waals surface area contributed by atoms with E-state index in [9.17, 15) is 14.7 Å². The molecule has 170 valence electrons. The molecule has 32 heavy (non-hydrogen) atoms. The van der Waals surface area contributed by atoms with E-state index in [4.69, 9.17) is 23.2 Å². The second-order valence-corrected chi connectivity index (χ2v) is 10.1. The molecule has 2 N–H and O–H groups in total. The minimum Gasteiger partial charge on any atom is -0.481 e. The first-order valence-electron chi connectivity index (χ1n) is 11.5. The van der Waals surface area contributed by atoms with Crippen LogP contribution in [0.5, 0.6) is 0 Å². The Bertz CT molecular complexity index is 956. The fourth-order valence-electron chi connectivity index (χ4n) is 5.70. The Kier molecular flexibility index (Phi) is 7.42. The molecule has 0 spiro atoms. The third-order valence-corrected chi connectivity index (χ3v) is 7.64. The number of carbonyl (C=O) groups excluding carboxylic acids is 1. The van der Waals surface area contributed by atoms with Gasteiger partial charge in [-0.15, -0.1) is 0 Å². The van der Waals surface area contributed by atoms with Crippen molar-refractivity contribution in [2.24, 2.45) is 11.8 Å². The highest BCUT2D eigenvalue weighted by molar-refractivity contribution is 6.30. The molecule has 1 saturated heterocycles. The molecule has 1 heterocycles. The number of hydrogen-bond donors (Lipinski definition) is 2. The molecule has 2 aliphatic rings. The highest BCUT2D eigenvalue weighted by Crippen LogP contribution is 2.46. The van der Waals surface area contributed by atoms with Crippen molar-refractivity contribution in [2.45, 2.75) is 62.8 Å². The van der Waals surface area contributed by atoms with Gasteiger partial charge in [0.05, 0.1) is 6.42 Å². The smallest absolute Gasteiger partial charge is 0.304 e. The van der Waals surface area contributed by atoms with E-state index >= 15 is 0 Å². The fraction of sp³-hybridized carbons (Fsp3) is 0.462. The maximum absolute atomic E-state index is 13.0. The lowest BCUT2D eigenvalue weighted by Crippen LogP contribution is -2.53. The molecule has 2 fully saturated rings. The van der Waals surface area contributed by atoms with E-state index in [2.05, 4.69) is 17.4 Å². The lowest BCUT2D eigenvalue weighted by Gasteiger charge is -2.44. The zero-order valence-electron chi connectivity index (χ0n) is 18.0. The standard InChI is InChI=1S/C26H29Cl2NO3/c27-20-11-9-17(10-12-20)24(16-5-2-1-3-6-16)25-22(18-7-4-8-21(28)13-18)14-19(15-23(30)31)26(32)29-25/h4,7-13,16,19,22,24-25H,1-3,5-6,14-15H2,(H,29,32)(H,30,31). The topological polar surface area (TPSA) is 66.4 Å². The average molecular weight is 474 g/mol. The van der Waals surface area contributed by atoms with Crippen LogP contribution < -0.4 is 5.32 Å². The van der Waals surface area contributed by atoms with Crippen LogP contribution in [0.3, 0.4) is 0 Å². The molecule has 2 aromatic rings. The van der Waals surface area contributed by atoms with Crippen molar-refractivity contribution in [3.63, 3.8) is 0 Å². The maximum atomic E-state index is 13.0. The van der Waals surface area contributed by atoms with Crippen molar-refractivity contribution in [1.29, 1.82) is 0 Å². The molecule has 4 rings (SSSR count). The molecule has 1 aliphatic heterocycles. The predicted molar refractivity (Wildman–Crippen MR) is 127 cm³/mol. The van der Waals surface area contributed by atoms with Gasteiger partial charge in [0.1, 0.15) is 0 Å². The zero-order chi connectivity index (χ0) is 22.7. The summed E-state index contributed by atoms with van der Waals surface area (Å²) in [5.74, 6) is -1.09. The van der Waals surface area contributed by atoms with Gasteiger partial charge in [0, 0.05) is 33.8 Å². The normalized spacial score (nSPS) is 25.2. The second-order valence-electron chi connectivity index (χ2n) is 9.20. The quantitative estimate of drug-likeness (QED) is 0.508. The minimum atomic E-state index is -0.949. The summed E-state index contributed by atoms with van der Waals surface area (Å²) >= 11 is 12.5. The van der Waals surface area contributed by atoms with Gasteiger partial charge < -0.3 is 10.4 Å². The Morgan fingerprint density at radius 1 is 1.03 bits per heavy atom. The molecule has 2 aromatic carbocycles. The first kappa shape index (κ1) is 23.1. The highest BCUT2D eigenvalue weighted by atomic mass is 35.5. The van der Waals surface area contributed by atoms with Gasteiger partial charge in [-0.1, -0.05) is 66.7 Å². The number of rotatable bonds is 6. The molecular formula is C26H29Cl2NO3. The van der Waals surface area contributed by atoms with E-state index < -0.39 is 11.9 Å². The van der Waals surface area contributed by atoms with Crippen molar-refractivity contribution in [3.05, 3.63) is 69.7 Å². The van der Waals surface area contributed by atoms with Crippen molar-refractivity contribution in [1.82, 2.24) is 5.32 Å².